The van der Waals surface area contributed by atoms with E-state index >= 15 is 0 Å². The number of carbonyl (C=O) groups excluding carboxylic acids is 1. The van der Waals surface area contributed by atoms with E-state index in [-0.39, 0.29) is 31.6 Å². The molecule has 9 heteroatoms. The molecule has 0 spiro atoms. The lowest BCUT2D eigenvalue weighted by Gasteiger charge is -2.30. The van der Waals surface area contributed by atoms with Crippen LogP contribution in [-0.2, 0) is 24.4 Å². The van der Waals surface area contributed by atoms with E-state index in [1.54, 1.807) is 11.8 Å². The fourth-order valence-electron chi connectivity index (χ4n) is 3.30. The van der Waals surface area contributed by atoms with Crippen molar-refractivity contribution < 1.29 is 32.3 Å². The molecule has 0 radical (unpaired) electrons. The summed E-state index contributed by atoms with van der Waals surface area (Å²) in [7, 11) is -2.60. The lowest BCUT2D eigenvalue weighted by Crippen LogP contribution is -2.40. The fourth-order valence-corrected chi connectivity index (χ4v) is 4.19. The molecule has 0 aromatic heterocycles. The average molecular weight is 396 g/mol. The number of likely N-dealkylation sites (tertiary alicyclic amines) is 1. The highest BCUT2D eigenvalue weighted by molar-refractivity contribution is 7.86. The predicted molar refractivity (Wildman–Crippen MR) is 97.5 cm³/mol. The van der Waals surface area contributed by atoms with Gasteiger partial charge in [-0.1, -0.05) is 6.92 Å². The van der Waals surface area contributed by atoms with E-state index in [2.05, 4.69) is 0 Å². The van der Waals surface area contributed by atoms with E-state index in [0.29, 0.717) is 32.4 Å². The van der Waals surface area contributed by atoms with Crippen molar-refractivity contribution in [2.75, 3.05) is 33.5 Å². The first kappa shape index (κ1) is 23.3. The van der Waals surface area contributed by atoms with Gasteiger partial charge in [0, 0.05) is 32.7 Å². The minimum absolute atomic E-state index is 0.0547. The number of methoxy groups -OCH3 is 1. The molecule has 3 unspecified atom stereocenters. The smallest absolute Gasteiger partial charge is 0.267 e. The Morgan fingerprint density at radius 2 is 2.00 bits per heavy atom. The van der Waals surface area contributed by atoms with Gasteiger partial charge in [0.15, 0.2) is 0 Å². The minimum atomic E-state index is -4.11. The summed E-state index contributed by atoms with van der Waals surface area (Å²) in [5.74, 6) is 0.0547. The summed E-state index contributed by atoms with van der Waals surface area (Å²) in [6, 6.07) is -0.184. The van der Waals surface area contributed by atoms with Gasteiger partial charge in [-0.3, -0.25) is 9.35 Å². The number of ether oxygens (including phenoxy) is 2. The van der Waals surface area contributed by atoms with Gasteiger partial charge in [-0.2, -0.15) is 8.42 Å². The van der Waals surface area contributed by atoms with Gasteiger partial charge in [-0.05, 0) is 38.5 Å². The summed E-state index contributed by atoms with van der Waals surface area (Å²) < 4.78 is 42.6. The summed E-state index contributed by atoms with van der Waals surface area (Å²) >= 11 is 0. The second-order valence-corrected chi connectivity index (χ2v) is 8.50. The van der Waals surface area contributed by atoms with E-state index in [0.717, 1.165) is 19.3 Å². The second-order valence-electron chi connectivity index (χ2n) is 6.81. The van der Waals surface area contributed by atoms with Crippen LogP contribution in [0.2, 0.25) is 0 Å². The molecule has 1 amide bonds. The average Bonchev–Trinajstić information content (AvgIpc) is 2.98. The molecule has 1 aliphatic rings. The van der Waals surface area contributed by atoms with Crippen molar-refractivity contribution in [3.05, 3.63) is 0 Å². The van der Waals surface area contributed by atoms with Gasteiger partial charge in [0.2, 0.25) is 5.91 Å². The molecule has 1 heterocycles. The molecule has 0 aromatic rings. The number of aliphatic hydroxyl groups excluding tert-OH is 1. The van der Waals surface area contributed by atoms with E-state index in [4.69, 9.17) is 9.47 Å². The molecule has 3 atom stereocenters. The van der Waals surface area contributed by atoms with E-state index < -0.39 is 21.5 Å². The van der Waals surface area contributed by atoms with Crippen LogP contribution < -0.4 is 0 Å². The Hall–Kier alpha value is -0.740. The number of amides is 1. The number of hydrogen-bond donors (Lipinski definition) is 2. The van der Waals surface area contributed by atoms with Crippen molar-refractivity contribution in [2.45, 2.75) is 69.3 Å². The largest absolute Gasteiger partial charge is 0.388 e. The quantitative estimate of drug-likeness (QED) is 0.336. The lowest BCUT2D eigenvalue weighted by molar-refractivity contribution is -0.130. The zero-order valence-electron chi connectivity index (χ0n) is 15.8. The second kappa shape index (κ2) is 11.9. The topological polar surface area (TPSA) is 113 Å². The van der Waals surface area contributed by atoms with Crippen LogP contribution in [0.25, 0.3) is 0 Å². The molecule has 1 saturated heterocycles. The summed E-state index contributed by atoms with van der Waals surface area (Å²) in [6.07, 6.45) is 3.42. The van der Waals surface area contributed by atoms with Crippen molar-refractivity contribution in [2.24, 2.45) is 0 Å². The first-order valence-corrected chi connectivity index (χ1v) is 10.8. The summed E-state index contributed by atoms with van der Waals surface area (Å²) in [5.41, 5.74) is 0. The van der Waals surface area contributed by atoms with Crippen LogP contribution >= 0.6 is 0 Å². The molecule has 8 nitrogen and oxygen atoms in total. The maximum absolute atomic E-state index is 12.1. The van der Waals surface area contributed by atoms with Crippen LogP contribution in [0, 0.1) is 0 Å². The highest BCUT2D eigenvalue weighted by Gasteiger charge is 2.32. The molecule has 2 N–H and O–H groups in total. The van der Waals surface area contributed by atoms with Crippen LogP contribution in [0.3, 0.4) is 0 Å². The normalized spacial score (nSPS) is 18.9. The maximum Gasteiger partial charge on any atom is 0.267 e. The van der Waals surface area contributed by atoms with Crippen LogP contribution in [0.15, 0.2) is 0 Å². The molecular weight excluding hydrogens is 362 g/mol. The zero-order chi connectivity index (χ0) is 19.6. The third-order valence-corrected chi connectivity index (χ3v) is 6.08. The first-order valence-electron chi connectivity index (χ1n) is 9.30. The van der Waals surface area contributed by atoms with Crippen LogP contribution in [-0.4, -0.2) is 79.8 Å². The Morgan fingerprint density at radius 3 is 2.54 bits per heavy atom. The lowest BCUT2D eigenvalue weighted by atomic mass is 10.0. The monoisotopic (exact) mass is 395 g/mol. The molecule has 0 aromatic carbocycles. The van der Waals surface area contributed by atoms with Gasteiger partial charge in [-0.15, -0.1) is 0 Å². The molecule has 0 bridgehead atoms. The Bertz CT molecular complexity index is 511. The van der Waals surface area contributed by atoms with E-state index in [9.17, 15) is 22.9 Å². The molecule has 26 heavy (non-hydrogen) atoms. The van der Waals surface area contributed by atoms with Crippen molar-refractivity contribution in [1.29, 1.82) is 0 Å². The minimum Gasteiger partial charge on any atom is -0.388 e. The van der Waals surface area contributed by atoms with Gasteiger partial charge in [0.05, 0.1) is 18.5 Å². The molecule has 1 aliphatic heterocycles. The number of unbranched alkanes of at least 4 members (excludes halogenated alkanes) is 1. The fraction of sp³-hybridized carbons (Fsp3) is 0.941. The SMILES string of the molecule is CCC(CC(CCCCOCC(O)COC)N1CCCC1=O)S(=O)(=O)O. The van der Waals surface area contributed by atoms with Gasteiger partial charge >= 0.3 is 0 Å². The molecule has 0 saturated carbocycles. The van der Waals surface area contributed by atoms with Gasteiger partial charge in [0.25, 0.3) is 10.1 Å². The Balaban J connectivity index is 2.46. The predicted octanol–water partition coefficient (Wildman–Crippen LogP) is 1.23. The highest BCUT2D eigenvalue weighted by atomic mass is 32.2. The molecule has 154 valence electrons. The van der Waals surface area contributed by atoms with Crippen LogP contribution in [0.5, 0.6) is 0 Å². The Labute approximate surface area is 156 Å². The number of rotatable bonds is 14. The van der Waals surface area contributed by atoms with Crippen molar-refractivity contribution in [3.8, 4) is 0 Å². The van der Waals surface area contributed by atoms with Gasteiger partial charge in [0.1, 0.15) is 6.10 Å². The van der Waals surface area contributed by atoms with Gasteiger partial charge in [-0.25, -0.2) is 0 Å². The first-order chi connectivity index (χ1) is 12.3. The standard InChI is InChI=1S/C17H33NO7S/c1-3-16(26(21,22)23)11-14(18-9-6-8-17(18)20)7-4-5-10-25-13-15(19)12-24-2/h14-16,19H,3-13H2,1-2H3,(H,21,22,23). The van der Waals surface area contributed by atoms with E-state index in [1.807, 2.05) is 0 Å². The van der Waals surface area contributed by atoms with Crippen LogP contribution in [0.4, 0.5) is 0 Å². The third kappa shape index (κ3) is 8.30. The zero-order valence-corrected chi connectivity index (χ0v) is 16.6. The molecule has 1 fully saturated rings. The number of aliphatic hydroxyl groups is 1. The summed E-state index contributed by atoms with van der Waals surface area (Å²) in [4.78, 5) is 13.8. The summed E-state index contributed by atoms with van der Waals surface area (Å²) in [6.45, 7) is 3.29. The molecule has 0 aliphatic carbocycles. The Kier molecular flexibility index (Phi) is 10.6. The Morgan fingerprint density at radius 1 is 1.27 bits per heavy atom. The van der Waals surface area contributed by atoms with Crippen molar-refractivity contribution in [3.63, 3.8) is 0 Å². The third-order valence-electron chi connectivity index (χ3n) is 4.71. The molecule has 1 rings (SSSR count). The van der Waals surface area contributed by atoms with Crippen LogP contribution in [0.1, 0.15) is 51.9 Å². The number of hydrogen-bond acceptors (Lipinski definition) is 6. The van der Waals surface area contributed by atoms with E-state index in [1.165, 1.54) is 7.11 Å². The summed E-state index contributed by atoms with van der Waals surface area (Å²) in [5, 5.41) is 8.65. The number of nitrogens with zero attached hydrogens (tertiary/aromatic N) is 1. The van der Waals surface area contributed by atoms with Crippen molar-refractivity contribution >= 4 is 16.0 Å². The van der Waals surface area contributed by atoms with Crippen molar-refractivity contribution in [1.82, 2.24) is 4.90 Å². The van der Waals surface area contributed by atoms with Gasteiger partial charge < -0.3 is 19.5 Å². The maximum atomic E-state index is 12.1. The molecular formula is C17H33NO7S. The number of carbonyl (C=O) groups is 1. The highest BCUT2D eigenvalue weighted by Crippen LogP contribution is 2.24.